The van der Waals surface area contributed by atoms with E-state index in [1.54, 1.807) is 0 Å². The van der Waals surface area contributed by atoms with Crippen molar-refractivity contribution in [1.29, 1.82) is 0 Å². The Balaban J connectivity index is 2.30. The average molecular weight is 381 g/mol. The van der Waals surface area contributed by atoms with E-state index < -0.39 is 0 Å². The lowest BCUT2D eigenvalue weighted by Gasteiger charge is -2.16. The summed E-state index contributed by atoms with van der Waals surface area (Å²) in [6.07, 6.45) is 4.41. The van der Waals surface area contributed by atoms with Crippen molar-refractivity contribution in [2.45, 2.75) is 51.6 Å². The predicted molar refractivity (Wildman–Crippen MR) is 81.0 cm³/mol. The van der Waals surface area contributed by atoms with Crippen LogP contribution in [0.15, 0.2) is 0 Å². The molecule has 1 saturated carbocycles. The molecule has 1 unspecified atom stereocenters. The molecule has 3 nitrogen and oxygen atoms in total. The number of halogens is 2. The zero-order valence-corrected chi connectivity index (χ0v) is 13.7. The van der Waals surface area contributed by atoms with Gasteiger partial charge in [-0.05, 0) is 48.8 Å². The molecular weight excluding hydrogens is 363 g/mol. The second-order valence-electron chi connectivity index (χ2n) is 4.58. The average Bonchev–Trinajstić information content (AvgIpc) is 3.16. The van der Waals surface area contributed by atoms with Crippen LogP contribution in [0.4, 0.5) is 0 Å². The molecule has 100 valence electrons. The van der Waals surface area contributed by atoms with Crippen molar-refractivity contribution in [2.75, 3.05) is 6.61 Å². The third-order valence-electron chi connectivity index (χ3n) is 3.02. The van der Waals surface area contributed by atoms with Gasteiger partial charge < -0.3 is 4.74 Å². The van der Waals surface area contributed by atoms with Gasteiger partial charge in [-0.25, -0.2) is 9.97 Å². The van der Waals surface area contributed by atoms with Crippen molar-refractivity contribution in [1.82, 2.24) is 9.97 Å². The van der Waals surface area contributed by atoms with Gasteiger partial charge in [0, 0.05) is 12.5 Å². The molecule has 1 atom stereocenters. The van der Waals surface area contributed by atoms with E-state index in [-0.39, 0.29) is 6.10 Å². The first-order valence-corrected chi connectivity index (χ1v) is 7.97. The van der Waals surface area contributed by atoms with Crippen molar-refractivity contribution >= 4 is 34.2 Å². The van der Waals surface area contributed by atoms with Crippen LogP contribution in [0.1, 0.15) is 63.1 Å². The number of hydrogen-bond acceptors (Lipinski definition) is 3. The quantitative estimate of drug-likeness (QED) is 0.539. The Morgan fingerprint density at radius 3 is 2.67 bits per heavy atom. The van der Waals surface area contributed by atoms with Gasteiger partial charge in [0.15, 0.2) is 5.82 Å². The molecule has 0 spiro atoms. The maximum absolute atomic E-state index is 6.22. The molecule has 0 aliphatic heterocycles. The SMILES string of the molecule is CCCC(OCC)c1nc(Cl)c(I)c(C2CC2)n1. The maximum Gasteiger partial charge on any atom is 0.159 e. The lowest BCUT2D eigenvalue weighted by atomic mass is 10.2. The third-order valence-corrected chi connectivity index (χ3v) is 4.68. The predicted octanol–water partition coefficient (Wildman–Crippen LogP) is 4.49. The summed E-state index contributed by atoms with van der Waals surface area (Å²) in [5, 5.41) is 0.573. The van der Waals surface area contributed by atoms with Gasteiger partial charge in [0.1, 0.15) is 11.3 Å². The van der Waals surface area contributed by atoms with Crippen LogP contribution in [0.2, 0.25) is 5.15 Å². The molecule has 1 aliphatic carbocycles. The van der Waals surface area contributed by atoms with Crippen molar-refractivity contribution in [3.05, 3.63) is 20.2 Å². The zero-order valence-electron chi connectivity index (χ0n) is 10.7. The molecule has 1 heterocycles. The van der Waals surface area contributed by atoms with E-state index >= 15 is 0 Å². The Morgan fingerprint density at radius 1 is 1.39 bits per heavy atom. The number of hydrogen-bond donors (Lipinski definition) is 0. The summed E-state index contributed by atoms with van der Waals surface area (Å²) in [6.45, 7) is 4.82. The molecule has 2 rings (SSSR count). The summed E-state index contributed by atoms with van der Waals surface area (Å²) in [4.78, 5) is 9.11. The fourth-order valence-corrected chi connectivity index (χ4v) is 2.84. The van der Waals surface area contributed by atoms with Gasteiger partial charge >= 0.3 is 0 Å². The summed E-state index contributed by atoms with van der Waals surface area (Å²) in [7, 11) is 0. The van der Waals surface area contributed by atoms with Gasteiger partial charge in [-0.15, -0.1) is 0 Å². The van der Waals surface area contributed by atoms with Gasteiger partial charge in [0.2, 0.25) is 0 Å². The zero-order chi connectivity index (χ0) is 13.1. The summed E-state index contributed by atoms with van der Waals surface area (Å²) >= 11 is 8.47. The minimum Gasteiger partial charge on any atom is -0.371 e. The topological polar surface area (TPSA) is 35.0 Å². The Labute approximate surface area is 127 Å². The highest BCUT2D eigenvalue weighted by Gasteiger charge is 2.30. The maximum atomic E-state index is 6.22. The van der Waals surface area contributed by atoms with Crippen molar-refractivity contribution in [3.8, 4) is 0 Å². The van der Waals surface area contributed by atoms with E-state index in [2.05, 4.69) is 34.5 Å². The van der Waals surface area contributed by atoms with Gasteiger partial charge in [-0.1, -0.05) is 24.9 Å². The van der Waals surface area contributed by atoms with Crippen LogP contribution in [0.25, 0.3) is 0 Å². The summed E-state index contributed by atoms with van der Waals surface area (Å²) < 4.78 is 6.74. The van der Waals surface area contributed by atoms with Gasteiger partial charge in [0.25, 0.3) is 0 Å². The summed E-state index contributed by atoms with van der Waals surface area (Å²) in [5.41, 5.74) is 1.12. The van der Waals surface area contributed by atoms with Crippen molar-refractivity contribution in [2.24, 2.45) is 0 Å². The first-order chi connectivity index (χ1) is 8.67. The summed E-state index contributed by atoms with van der Waals surface area (Å²) in [5.74, 6) is 1.34. The molecule has 1 fully saturated rings. The van der Waals surface area contributed by atoms with Crippen molar-refractivity contribution < 1.29 is 4.74 Å². The Morgan fingerprint density at radius 2 is 2.11 bits per heavy atom. The molecule has 1 aromatic rings. The van der Waals surface area contributed by atoms with Crippen LogP contribution in [-0.4, -0.2) is 16.6 Å². The smallest absolute Gasteiger partial charge is 0.159 e. The van der Waals surface area contributed by atoms with E-state index in [9.17, 15) is 0 Å². The van der Waals surface area contributed by atoms with Gasteiger partial charge in [0.05, 0.1) is 9.26 Å². The monoisotopic (exact) mass is 380 g/mol. The third kappa shape index (κ3) is 3.33. The van der Waals surface area contributed by atoms with Crippen molar-refractivity contribution in [3.63, 3.8) is 0 Å². The number of ether oxygens (including phenoxy) is 1. The first kappa shape index (κ1) is 14.5. The van der Waals surface area contributed by atoms with Gasteiger partial charge in [-0.3, -0.25) is 0 Å². The molecule has 1 aliphatic rings. The van der Waals surface area contributed by atoms with E-state index in [0.717, 1.165) is 27.9 Å². The second kappa shape index (κ2) is 6.48. The molecule has 0 saturated heterocycles. The first-order valence-electron chi connectivity index (χ1n) is 6.51. The fourth-order valence-electron chi connectivity index (χ4n) is 1.97. The molecule has 0 N–H and O–H groups in total. The number of aromatic nitrogens is 2. The van der Waals surface area contributed by atoms with E-state index in [4.69, 9.17) is 21.3 Å². The lowest BCUT2D eigenvalue weighted by Crippen LogP contribution is -2.11. The molecule has 5 heteroatoms. The van der Waals surface area contributed by atoms with E-state index in [1.807, 2.05) is 6.92 Å². The number of nitrogens with zero attached hydrogens (tertiary/aromatic N) is 2. The highest BCUT2D eigenvalue weighted by atomic mass is 127. The highest BCUT2D eigenvalue weighted by Crippen LogP contribution is 2.42. The molecule has 18 heavy (non-hydrogen) atoms. The normalized spacial score (nSPS) is 16.9. The largest absolute Gasteiger partial charge is 0.371 e. The minimum atomic E-state index is -0.0213. The molecular formula is C13H18ClIN2O. The molecule has 1 aromatic heterocycles. The van der Waals surface area contributed by atoms with Crippen LogP contribution in [0, 0.1) is 3.57 Å². The standard InChI is InChI=1S/C13H18ClIN2O/c1-3-5-9(18-4-2)13-16-11(8-6-7-8)10(15)12(14)17-13/h8-9H,3-7H2,1-2H3. The molecule has 0 radical (unpaired) electrons. The molecule has 0 bridgehead atoms. The number of rotatable bonds is 6. The minimum absolute atomic E-state index is 0.0213. The van der Waals surface area contributed by atoms with Crippen LogP contribution >= 0.6 is 34.2 Å². The highest BCUT2D eigenvalue weighted by molar-refractivity contribution is 14.1. The fraction of sp³-hybridized carbons (Fsp3) is 0.692. The van der Waals surface area contributed by atoms with Crippen LogP contribution < -0.4 is 0 Å². The summed E-state index contributed by atoms with van der Waals surface area (Å²) in [6, 6.07) is 0. The lowest BCUT2D eigenvalue weighted by molar-refractivity contribution is 0.0492. The Kier molecular flexibility index (Phi) is 5.21. The molecule has 0 aromatic carbocycles. The van der Waals surface area contributed by atoms with E-state index in [0.29, 0.717) is 17.7 Å². The second-order valence-corrected chi connectivity index (χ2v) is 6.02. The van der Waals surface area contributed by atoms with E-state index in [1.165, 1.54) is 12.8 Å². The van der Waals surface area contributed by atoms with Crippen LogP contribution in [0.3, 0.4) is 0 Å². The van der Waals surface area contributed by atoms with Crippen LogP contribution in [-0.2, 0) is 4.74 Å². The van der Waals surface area contributed by atoms with Gasteiger partial charge in [-0.2, -0.15) is 0 Å². The van der Waals surface area contributed by atoms with Crippen LogP contribution in [0.5, 0.6) is 0 Å². The Bertz CT molecular complexity index is 418. The Hall–Kier alpha value is 0.0600. The molecule has 0 amide bonds.